The predicted molar refractivity (Wildman–Crippen MR) is 103 cm³/mol. The van der Waals surface area contributed by atoms with Crippen LogP contribution in [0.4, 0.5) is 18.9 Å². The first-order chi connectivity index (χ1) is 14.3. The van der Waals surface area contributed by atoms with Crippen LogP contribution in [-0.2, 0) is 12.7 Å². The molecule has 0 bridgehead atoms. The number of amides is 1. The second-order valence-electron chi connectivity index (χ2n) is 6.10. The number of aromatic nitrogens is 2. The summed E-state index contributed by atoms with van der Waals surface area (Å²) in [7, 11) is 0. The molecule has 156 valence electrons. The second kappa shape index (κ2) is 9.12. The van der Waals surface area contributed by atoms with Gasteiger partial charge in [0, 0.05) is 6.07 Å². The molecular weight excluding hydrogens is 401 g/mol. The number of ether oxygens (including phenoxy) is 1. The molecular formula is C20H17F3N4O3. The number of rotatable bonds is 7. The van der Waals surface area contributed by atoms with Gasteiger partial charge in [0.15, 0.2) is 5.69 Å². The summed E-state index contributed by atoms with van der Waals surface area (Å²) in [5.74, 6) is -0.0881. The lowest BCUT2D eigenvalue weighted by molar-refractivity contribution is -0.137. The quantitative estimate of drug-likeness (QED) is 0.576. The molecule has 3 aromatic rings. The first-order valence-electron chi connectivity index (χ1n) is 8.82. The summed E-state index contributed by atoms with van der Waals surface area (Å²) in [5.41, 5.74) is 3.34. The minimum absolute atomic E-state index is 0.0442. The minimum Gasteiger partial charge on any atom is -0.492 e. The molecule has 0 saturated carbocycles. The molecule has 0 unspecified atom stereocenters. The van der Waals surface area contributed by atoms with E-state index >= 15 is 0 Å². The fourth-order valence-electron chi connectivity index (χ4n) is 2.46. The molecule has 0 saturated heterocycles. The van der Waals surface area contributed by atoms with E-state index in [2.05, 4.69) is 16.0 Å². The van der Waals surface area contributed by atoms with Crippen molar-refractivity contribution in [1.29, 1.82) is 0 Å². The Hall–Kier alpha value is -3.82. The first-order valence-corrected chi connectivity index (χ1v) is 8.82. The van der Waals surface area contributed by atoms with Crippen LogP contribution in [0.15, 0.2) is 71.5 Å². The van der Waals surface area contributed by atoms with Crippen LogP contribution in [0.5, 0.6) is 5.75 Å². The Morgan fingerprint density at radius 3 is 2.53 bits per heavy atom. The molecule has 0 spiro atoms. The zero-order valence-electron chi connectivity index (χ0n) is 15.5. The van der Waals surface area contributed by atoms with Crippen molar-refractivity contribution in [1.82, 2.24) is 15.2 Å². The molecule has 3 rings (SSSR count). The number of carbonyl (C=O) groups excluding carboxylic acids is 1. The smallest absolute Gasteiger partial charge is 0.416 e. The average molecular weight is 418 g/mol. The highest BCUT2D eigenvalue weighted by Gasteiger charge is 2.30. The maximum Gasteiger partial charge on any atom is 0.416 e. The van der Waals surface area contributed by atoms with Crippen molar-refractivity contribution < 1.29 is 22.7 Å². The standard InChI is InChI=1S/C20H17F3N4O3/c21-20(22,23)14-5-4-6-15(13-14)24-25-19(29)17-9-10-18(28)27(26-17)11-12-30-16-7-2-1-3-8-16/h1-10,13,24H,11-12H2,(H,25,29). The number of hydrazine groups is 1. The number of para-hydroxylation sites is 1. The van der Waals surface area contributed by atoms with E-state index in [9.17, 15) is 22.8 Å². The third kappa shape index (κ3) is 5.60. The summed E-state index contributed by atoms with van der Waals surface area (Å²) in [6.45, 7) is 0.264. The van der Waals surface area contributed by atoms with Crippen LogP contribution < -0.4 is 21.1 Å². The molecule has 0 atom stereocenters. The highest BCUT2D eigenvalue weighted by Crippen LogP contribution is 2.30. The second-order valence-corrected chi connectivity index (χ2v) is 6.10. The number of nitrogens with zero attached hydrogens (tertiary/aromatic N) is 2. The van der Waals surface area contributed by atoms with Crippen LogP contribution in [0.1, 0.15) is 16.1 Å². The van der Waals surface area contributed by atoms with Gasteiger partial charge in [-0.15, -0.1) is 0 Å². The van der Waals surface area contributed by atoms with E-state index in [0.29, 0.717) is 5.75 Å². The van der Waals surface area contributed by atoms with E-state index in [1.54, 1.807) is 12.1 Å². The van der Waals surface area contributed by atoms with Gasteiger partial charge < -0.3 is 4.74 Å². The molecule has 1 heterocycles. The summed E-state index contributed by atoms with van der Waals surface area (Å²) < 4.78 is 44.8. The summed E-state index contributed by atoms with van der Waals surface area (Å²) >= 11 is 0. The Morgan fingerprint density at radius 1 is 1.03 bits per heavy atom. The Kier molecular flexibility index (Phi) is 6.35. The van der Waals surface area contributed by atoms with Gasteiger partial charge in [0.2, 0.25) is 0 Å². The SMILES string of the molecule is O=C(NNc1cccc(C(F)(F)F)c1)c1ccc(=O)n(CCOc2ccccc2)n1. The highest BCUT2D eigenvalue weighted by atomic mass is 19.4. The lowest BCUT2D eigenvalue weighted by atomic mass is 10.2. The van der Waals surface area contributed by atoms with Crippen molar-refractivity contribution in [2.75, 3.05) is 12.0 Å². The average Bonchev–Trinajstić information content (AvgIpc) is 2.74. The zero-order chi connectivity index (χ0) is 21.6. The lowest BCUT2D eigenvalue weighted by Gasteiger charge is -2.12. The summed E-state index contributed by atoms with van der Waals surface area (Å²) in [6.07, 6.45) is -4.50. The third-order valence-corrected chi connectivity index (χ3v) is 3.92. The maximum absolute atomic E-state index is 12.8. The van der Waals surface area contributed by atoms with Gasteiger partial charge in [-0.2, -0.15) is 18.3 Å². The van der Waals surface area contributed by atoms with E-state index < -0.39 is 23.2 Å². The van der Waals surface area contributed by atoms with Crippen LogP contribution >= 0.6 is 0 Å². The van der Waals surface area contributed by atoms with Crippen molar-refractivity contribution in [2.45, 2.75) is 12.7 Å². The van der Waals surface area contributed by atoms with Crippen LogP contribution in [0.25, 0.3) is 0 Å². The van der Waals surface area contributed by atoms with Gasteiger partial charge in [-0.3, -0.25) is 20.4 Å². The van der Waals surface area contributed by atoms with E-state index in [1.807, 2.05) is 18.2 Å². The van der Waals surface area contributed by atoms with E-state index in [-0.39, 0.29) is 24.5 Å². The van der Waals surface area contributed by atoms with Crippen LogP contribution in [-0.4, -0.2) is 22.3 Å². The molecule has 1 aromatic heterocycles. The van der Waals surface area contributed by atoms with Crippen LogP contribution in [0.2, 0.25) is 0 Å². The number of benzene rings is 2. The fourth-order valence-corrected chi connectivity index (χ4v) is 2.46. The number of carbonyl (C=O) groups is 1. The van der Waals surface area contributed by atoms with Gasteiger partial charge in [-0.25, -0.2) is 4.68 Å². The van der Waals surface area contributed by atoms with Gasteiger partial charge in [0.05, 0.1) is 17.8 Å². The zero-order valence-corrected chi connectivity index (χ0v) is 15.5. The maximum atomic E-state index is 12.8. The van der Waals surface area contributed by atoms with E-state index in [0.717, 1.165) is 16.8 Å². The van der Waals surface area contributed by atoms with Crippen molar-refractivity contribution in [2.24, 2.45) is 0 Å². The van der Waals surface area contributed by atoms with Crippen molar-refractivity contribution in [3.05, 3.63) is 88.3 Å². The first kappa shape index (κ1) is 20.9. The Labute approximate surface area is 169 Å². The molecule has 0 fully saturated rings. The molecule has 30 heavy (non-hydrogen) atoms. The Bertz CT molecular complexity index is 1070. The van der Waals surface area contributed by atoms with Crippen molar-refractivity contribution in [3.8, 4) is 5.75 Å². The highest BCUT2D eigenvalue weighted by molar-refractivity contribution is 5.92. The van der Waals surface area contributed by atoms with Gasteiger partial charge in [0.1, 0.15) is 12.4 Å². The monoisotopic (exact) mass is 418 g/mol. The van der Waals surface area contributed by atoms with Gasteiger partial charge in [-0.1, -0.05) is 24.3 Å². The van der Waals surface area contributed by atoms with E-state index in [4.69, 9.17) is 4.74 Å². The number of hydrogen-bond acceptors (Lipinski definition) is 5. The number of halogens is 3. The van der Waals surface area contributed by atoms with Crippen molar-refractivity contribution in [3.63, 3.8) is 0 Å². The Morgan fingerprint density at radius 2 is 1.80 bits per heavy atom. The molecule has 2 aromatic carbocycles. The summed E-state index contributed by atoms with van der Waals surface area (Å²) in [6, 6.07) is 15.7. The minimum atomic E-state index is -4.50. The lowest BCUT2D eigenvalue weighted by Crippen LogP contribution is -2.33. The molecule has 0 aliphatic heterocycles. The molecule has 0 aliphatic carbocycles. The largest absolute Gasteiger partial charge is 0.492 e. The topological polar surface area (TPSA) is 85.2 Å². The fraction of sp³-hybridized carbons (Fsp3) is 0.150. The molecule has 2 N–H and O–H groups in total. The number of anilines is 1. The number of nitrogens with one attached hydrogen (secondary N) is 2. The summed E-state index contributed by atoms with van der Waals surface area (Å²) in [4.78, 5) is 24.2. The third-order valence-electron chi connectivity index (χ3n) is 3.92. The normalized spacial score (nSPS) is 11.0. The Balaban J connectivity index is 1.61. The molecule has 1 amide bonds. The van der Waals surface area contributed by atoms with Crippen LogP contribution in [0.3, 0.4) is 0 Å². The van der Waals surface area contributed by atoms with E-state index in [1.165, 1.54) is 24.3 Å². The molecule has 7 nitrogen and oxygen atoms in total. The number of alkyl halides is 3. The molecule has 0 aliphatic rings. The summed E-state index contributed by atoms with van der Waals surface area (Å²) in [5, 5.41) is 3.96. The molecule has 10 heteroatoms. The number of hydrogen-bond donors (Lipinski definition) is 2. The van der Waals surface area contributed by atoms with Gasteiger partial charge in [0.25, 0.3) is 11.5 Å². The van der Waals surface area contributed by atoms with Gasteiger partial charge in [-0.05, 0) is 36.4 Å². The van der Waals surface area contributed by atoms with Crippen molar-refractivity contribution >= 4 is 11.6 Å². The van der Waals surface area contributed by atoms with Crippen LogP contribution in [0, 0.1) is 0 Å². The molecule has 0 radical (unpaired) electrons. The predicted octanol–water partition coefficient (Wildman–Crippen LogP) is 3.10. The van der Waals surface area contributed by atoms with Gasteiger partial charge >= 0.3 is 6.18 Å².